The predicted molar refractivity (Wildman–Crippen MR) is 62.2 cm³/mol. The third kappa shape index (κ3) is 2.47. The van der Waals surface area contributed by atoms with Gasteiger partial charge in [-0.3, -0.25) is 9.48 Å². The van der Waals surface area contributed by atoms with Gasteiger partial charge in [-0.25, -0.2) is 0 Å². The second kappa shape index (κ2) is 4.32. The molecule has 17 heavy (non-hydrogen) atoms. The first-order valence-corrected chi connectivity index (χ1v) is 5.19. The van der Waals surface area contributed by atoms with Gasteiger partial charge in [0, 0.05) is 13.2 Å². The first-order valence-electron chi connectivity index (χ1n) is 5.19. The number of hydrogen-bond donors (Lipinski definition) is 2. The van der Waals surface area contributed by atoms with Crippen LogP contribution in [0.5, 0.6) is 0 Å². The summed E-state index contributed by atoms with van der Waals surface area (Å²) >= 11 is 0. The van der Waals surface area contributed by atoms with Gasteiger partial charge >= 0.3 is 0 Å². The Morgan fingerprint density at radius 1 is 1.59 bits per heavy atom. The van der Waals surface area contributed by atoms with Gasteiger partial charge in [-0.05, 0) is 19.1 Å². The lowest BCUT2D eigenvalue weighted by molar-refractivity contribution is 0.0943. The monoisotopic (exact) mass is 234 g/mol. The highest BCUT2D eigenvalue weighted by Crippen LogP contribution is 2.09. The van der Waals surface area contributed by atoms with Crippen LogP contribution in [0.1, 0.15) is 22.0 Å². The number of hydrogen-bond acceptors (Lipinski definition) is 4. The number of aryl methyl sites for hydroxylation is 2. The van der Waals surface area contributed by atoms with E-state index in [4.69, 9.17) is 10.2 Å². The second-order valence-electron chi connectivity index (χ2n) is 3.80. The van der Waals surface area contributed by atoms with Crippen molar-refractivity contribution in [3.8, 4) is 0 Å². The van der Waals surface area contributed by atoms with E-state index in [2.05, 4.69) is 10.4 Å². The van der Waals surface area contributed by atoms with E-state index in [0.717, 1.165) is 5.76 Å². The van der Waals surface area contributed by atoms with Crippen molar-refractivity contribution < 1.29 is 9.21 Å². The molecule has 2 rings (SSSR count). The summed E-state index contributed by atoms with van der Waals surface area (Å²) < 4.78 is 6.83. The fraction of sp³-hybridized carbons (Fsp3) is 0.273. The van der Waals surface area contributed by atoms with Gasteiger partial charge in [-0.2, -0.15) is 5.10 Å². The molecule has 0 spiro atoms. The van der Waals surface area contributed by atoms with E-state index in [1.165, 1.54) is 4.68 Å². The standard InChI is InChI=1S/C11H14N4O2/c1-7-3-4-8(17-7)5-13-11(16)10-9(12)6-15(2)14-10/h3-4,6H,5,12H2,1-2H3,(H,13,16). The lowest BCUT2D eigenvalue weighted by atomic mass is 10.3. The van der Waals surface area contributed by atoms with E-state index in [1.807, 2.05) is 19.1 Å². The van der Waals surface area contributed by atoms with Gasteiger partial charge in [0.1, 0.15) is 11.5 Å². The normalized spacial score (nSPS) is 10.5. The second-order valence-corrected chi connectivity index (χ2v) is 3.80. The van der Waals surface area contributed by atoms with Crippen LogP contribution in [0.4, 0.5) is 5.69 Å². The number of aromatic nitrogens is 2. The Kier molecular flexibility index (Phi) is 2.86. The molecule has 6 nitrogen and oxygen atoms in total. The SMILES string of the molecule is Cc1ccc(CNC(=O)c2nn(C)cc2N)o1. The third-order valence-electron chi connectivity index (χ3n) is 2.29. The molecule has 2 heterocycles. The maximum atomic E-state index is 11.8. The number of anilines is 1. The number of nitrogens with two attached hydrogens (primary N) is 1. The number of nitrogen functional groups attached to an aromatic ring is 1. The average Bonchev–Trinajstić information content (AvgIpc) is 2.81. The van der Waals surface area contributed by atoms with Crippen molar-refractivity contribution in [2.75, 3.05) is 5.73 Å². The largest absolute Gasteiger partial charge is 0.465 e. The number of carbonyl (C=O) groups is 1. The third-order valence-corrected chi connectivity index (χ3v) is 2.29. The topological polar surface area (TPSA) is 86.1 Å². The van der Waals surface area contributed by atoms with E-state index >= 15 is 0 Å². The molecule has 0 saturated carbocycles. The van der Waals surface area contributed by atoms with Crippen LogP contribution in [-0.4, -0.2) is 15.7 Å². The number of nitrogens with zero attached hydrogens (tertiary/aromatic N) is 2. The van der Waals surface area contributed by atoms with Gasteiger partial charge in [-0.1, -0.05) is 0 Å². The van der Waals surface area contributed by atoms with Crippen molar-refractivity contribution in [1.29, 1.82) is 0 Å². The zero-order valence-electron chi connectivity index (χ0n) is 9.73. The van der Waals surface area contributed by atoms with Gasteiger partial charge < -0.3 is 15.5 Å². The Hall–Kier alpha value is -2.24. The molecule has 3 N–H and O–H groups in total. The van der Waals surface area contributed by atoms with Crippen LogP contribution in [0.3, 0.4) is 0 Å². The highest BCUT2D eigenvalue weighted by atomic mass is 16.3. The molecule has 0 aliphatic rings. The Balaban J connectivity index is 2.00. The van der Waals surface area contributed by atoms with Gasteiger partial charge in [0.2, 0.25) is 0 Å². The molecule has 1 amide bonds. The summed E-state index contributed by atoms with van der Waals surface area (Å²) in [6.07, 6.45) is 1.59. The fourth-order valence-corrected chi connectivity index (χ4v) is 1.51. The van der Waals surface area contributed by atoms with Gasteiger partial charge in [0.15, 0.2) is 5.69 Å². The molecule has 0 aliphatic carbocycles. The maximum Gasteiger partial charge on any atom is 0.274 e. The maximum absolute atomic E-state index is 11.8. The van der Waals surface area contributed by atoms with Crippen molar-refractivity contribution in [2.45, 2.75) is 13.5 Å². The van der Waals surface area contributed by atoms with Gasteiger partial charge in [0.05, 0.1) is 12.2 Å². The Bertz CT molecular complexity index is 541. The van der Waals surface area contributed by atoms with Crippen LogP contribution in [0.25, 0.3) is 0 Å². The molecule has 0 atom stereocenters. The van der Waals surface area contributed by atoms with Crippen LogP contribution in [0.15, 0.2) is 22.7 Å². The molecule has 0 unspecified atom stereocenters. The molecule has 2 aromatic rings. The Labute approximate surface area is 98.4 Å². The zero-order valence-corrected chi connectivity index (χ0v) is 9.73. The van der Waals surface area contributed by atoms with Crippen molar-refractivity contribution in [3.63, 3.8) is 0 Å². The van der Waals surface area contributed by atoms with Crippen LogP contribution in [0, 0.1) is 6.92 Å². The quantitative estimate of drug-likeness (QED) is 0.823. The van der Waals surface area contributed by atoms with E-state index in [1.54, 1.807) is 13.2 Å². The highest BCUT2D eigenvalue weighted by molar-refractivity contribution is 5.96. The molecule has 90 valence electrons. The van der Waals surface area contributed by atoms with Crippen molar-refractivity contribution in [1.82, 2.24) is 15.1 Å². The summed E-state index contributed by atoms with van der Waals surface area (Å²) in [4.78, 5) is 11.8. The number of rotatable bonds is 3. The molecule has 0 saturated heterocycles. The number of nitrogens with one attached hydrogen (secondary N) is 1. The van der Waals surface area contributed by atoms with Gasteiger partial charge in [0.25, 0.3) is 5.91 Å². The summed E-state index contributed by atoms with van der Waals surface area (Å²) in [6, 6.07) is 3.66. The summed E-state index contributed by atoms with van der Waals surface area (Å²) in [7, 11) is 1.71. The minimum absolute atomic E-state index is 0.232. The number of carbonyl (C=O) groups excluding carboxylic acids is 1. The lowest BCUT2D eigenvalue weighted by Crippen LogP contribution is -2.24. The highest BCUT2D eigenvalue weighted by Gasteiger charge is 2.13. The first-order chi connectivity index (χ1) is 8.06. The molecule has 0 bridgehead atoms. The molecule has 0 radical (unpaired) electrons. The Morgan fingerprint density at radius 2 is 2.35 bits per heavy atom. The molecular formula is C11H14N4O2. The lowest BCUT2D eigenvalue weighted by Gasteiger charge is -2.01. The minimum atomic E-state index is -0.308. The van der Waals surface area contributed by atoms with Crippen molar-refractivity contribution >= 4 is 11.6 Å². The predicted octanol–water partition coefficient (Wildman–Crippen LogP) is 0.834. The van der Waals surface area contributed by atoms with Crippen LogP contribution in [0.2, 0.25) is 0 Å². The van der Waals surface area contributed by atoms with Crippen molar-refractivity contribution in [3.05, 3.63) is 35.5 Å². The molecule has 2 aromatic heterocycles. The van der Waals surface area contributed by atoms with Crippen molar-refractivity contribution in [2.24, 2.45) is 7.05 Å². The van der Waals surface area contributed by atoms with Crippen LogP contribution >= 0.6 is 0 Å². The van der Waals surface area contributed by atoms with Crippen LogP contribution in [-0.2, 0) is 13.6 Å². The van der Waals surface area contributed by atoms with Gasteiger partial charge in [-0.15, -0.1) is 0 Å². The summed E-state index contributed by atoms with van der Waals surface area (Å²) in [6.45, 7) is 2.17. The zero-order chi connectivity index (χ0) is 12.4. The van der Waals surface area contributed by atoms with Crippen LogP contribution < -0.4 is 11.1 Å². The summed E-state index contributed by atoms with van der Waals surface area (Å²) in [5.74, 6) is 1.20. The minimum Gasteiger partial charge on any atom is -0.465 e. The van der Waals surface area contributed by atoms with E-state index in [0.29, 0.717) is 18.0 Å². The fourth-order valence-electron chi connectivity index (χ4n) is 1.51. The first kappa shape index (κ1) is 11.3. The number of amides is 1. The average molecular weight is 234 g/mol. The van der Waals surface area contributed by atoms with E-state index in [9.17, 15) is 4.79 Å². The molecular weight excluding hydrogens is 220 g/mol. The number of furan rings is 1. The summed E-state index contributed by atoms with van der Waals surface area (Å²) in [5.41, 5.74) is 6.24. The Morgan fingerprint density at radius 3 is 2.88 bits per heavy atom. The van der Waals surface area contributed by atoms with E-state index < -0.39 is 0 Å². The molecule has 0 aromatic carbocycles. The van der Waals surface area contributed by atoms with E-state index in [-0.39, 0.29) is 11.6 Å². The smallest absolute Gasteiger partial charge is 0.274 e. The molecule has 0 aliphatic heterocycles. The molecule has 0 fully saturated rings. The summed E-state index contributed by atoms with van der Waals surface area (Å²) in [5, 5.41) is 6.67. The molecule has 6 heteroatoms.